The Balaban J connectivity index is 3.47. The van der Waals surface area contributed by atoms with Crippen LogP contribution >= 0.6 is 0 Å². The van der Waals surface area contributed by atoms with Gasteiger partial charge in [0.05, 0.1) is 17.6 Å². The Hall–Kier alpha value is -2.42. The van der Waals surface area contributed by atoms with Crippen LogP contribution in [0, 0.1) is 28.4 Å². The largest absolute Gasteiger partial charge is 0.465 e. The summed E-state index contributed by atoms with van der Waals surface area (Å²) in [5.41, 5.74) is 0.00310. The van der Waals surface area contributed by atoms with Crippen molar-refractivity contribution < 1.29 is 14.5 Å². The number of ether oxygens (including phenoxy) is 1. The van der Waals surface area contributed by atoms with Crippen LogP contribution in [-0.4, -0.2) is 18.0 Å². The highest BCUT2D eigenvalue weighted by Gasteiger charge is 2.20. The molecule has 82 valence electrons. The number of benzene rings is 1. The molecule has 0 spiro atoms. The maximum absolute atomic E-state index is 11.2. The van der Waals surface area contributed by atoms with Gasteiger partial charge in [0, 0.05) is 6.07 Å². The van der Waals surface area contributed by atoms with E-state index in [1.807, 2.05) is 0 Å². The monoisotopic (exact) mass is 220 g/mol. The molecule has 1 aromatic rings. The minimum absolute atomic E-state index is 0.0438. The van der Waals surface area contributed by atoms with Gasteiger partial charge >= 0.3 is 5.97 Å². The predicted molar refractivity (Wildman–Crippen MR) is 53.9 cm³/mol. The maximum atomic E-state index is 11.2. The van der Waals surface area contributed by atoms with Gasteiger partial charge in [-0.15, -0.1) is 0 Å². The number of hydrogen-bond acceptors (Lipinski definition) is 5. The van der Waals surface area contributed by atoms with E-state index >= 15 is 0 Å². The zero-order valence-electron chi connectivity index (χ0n) is 8.68. The van der Waals surface area contributed by atoms with Crippen molar-refractivity contribution in [1.29, 1.82) is 5.26 Å². The van der Waals surface area contributed by atoms with Crippen molar-refractivity contribution in [2.45, 2.75) is 6.92 Å². The second-order valence-corrected chi connectivity index (χ2v) is 3.05. The Morgan fingerprint density at radius 2 is 2.19 bits per heavy atom. The molecular weight excluding hydrogens is 212 g/mol. The molecule has 0 N–H and O–H groups in total. The van der Waals surface area contributed by atoms with Crippen molar-refractivity contribution in [2.75, 3.05) is 7.11 Å². The maximum Gasteiger partial charge on any atom is 0.338 e. The molecule has 0 aromatic heterocycles. The molecule has 0 atom stereocenters. The average molecular weight is 220 g/mol. The van der Waals surface area contributed by atoms with Crippen LogP contribution in [0.15, 0.2) is 12.1 Å². The third-order valence-corrected chi connectivity index (χ3v) is 2.04. The van der Waals surface area contributed by atoms with Gasteiger partial charge in [0.25, 0.3) is 5.69 Å². The van der Waals surface area contributed by atoms with E-state index in [4.69, 9.17) is 5.26 Å². The topological polar surface area (TPSA) is 93.2 Å². The van der Waals surface area contributed by atoms with Crippen LogP contribution in [0.4, 0.5) is 5.69 Å². The fourth-order valence-electron chi connectivity index (χ4n) is 1.29. The first-order valence-electron chi connectivity index (χ1n) is 4.28. The Bertz CT molecular complexity index is 502. The number of methoxy groups -OCH3 is 1. The summed E-state index contributed by atoms with van der Waals surface area (Å²) in [6.07, 6.45) is 0. The second-order valence-electron chi connectivity index (χ2n) is 3.05. The van der Waals surface area contributed by atoms with Gasteiger partial charge in [-0.2, -0.15) is 5.26 Å². The van der Waals surface area contributed by atoms with Crippen molar-refractivity contribution in [2.24, 2.45) is 0 Å². The van der Waals surface area contributed by atoms with Crippen LogP contribution in [0.3, 0.4) is 0 Å². The first-order valence-corrected chi connectivity index (χ1v) is 4.28. The van der Waals surface area contributed by atoms with Gasteiger partial charge in [-0.25, -0.2) is 4.79 Å². The standard InChI is InChI=1S/C10H8N2O4/c1-6-3-7(10(13)16-2)4-9(12(14)15)8(6)5-11/h3-4H,1-2H3. The molecule has 6 nitrogen and oxygen atoms in total. The number of nitro benzene ring substituents is 1. The molecule has 0 radical (unpaired) electrons. The van der Waals surface area contributed by atoms with Crippen molar-refractivity contribution in [3.05, 3.63) is 38.9 Å². The molecule has 16 heavy (non-hydrogen) atoms. The Morgan fingerprint density at radius 3 is 2.62 bits per heavy atom. The minimum Gasteiger partial charge on any atom is -0.465 e. The number of rotatable bonds is 2. The third-order valence-electron chi connectivity index (χ3n) is 2.04. The summed E-state index contributed by atoms with van der Waals surface area (Å²) < 4.78 is 4.46. The van der Waals surface area contributed by atoms with Crippen LogP contribution in [0.25, 0.3) is 0 Å². The fourth-order valence-corrected chi connectivity index (χ4v) is 1.29. The zero-order valence-corrected chi connectivity index (χ0v) is 8.68. The molecule has 0 saturated carbocycles. The number of esters is 1. The summed E-state index contributed by atoms with van der Waals surface area (Å²) in [5.74, 6) is -0.671. The van der Waals surface area contributed by atoms with E-state index in [0.717, 1.165) is 6.07 Å². The highest BCUT2D eigenvalue weighted by molar-refractivity contribution is 5.91. The molecule has 0 bridgehead atoms. The average Bonchev–Trinajstić information content (AvgIpc) is 2.26. The summed E-state index contributed by atoms with van der Waals surface area (Å²) >= 11 is 0. The van der Waals surface area contributed by atoms with Gasteiger partial charge < -0.3 is 4.74 Å². The van der Waals surface area contributed by atoms with E-state index in [9.17, 15) is 14.9 Å². The van der Waals surface area contributed by atoms with E-state index < -0.39 is 10.9 Å². The Kier molecular flexibility index (Phi) is 3.20. The van der Waals surface area contributed by atoms with Crippen LogP contribution in [0.1, 0.15) is 21.5 Å². The lowest BCUT2D eigenvalue weighted by atomic mass is 10.0. The van der Waals surface area contributed by atoms with E-state index in [1.165, 1.54) is 20.1 Å². The van der Waals surface area contributed by atoms with Crippen molar-refractivity contribution in [3.63, 3.8) is 0 Å². The number of nitrogens with zero attached hydrogens (tertiary/aromatic N) is 2. The zero-order chi connectivity index (χ0) is 12.3. The van der Waals surface area contributed by atoms with Crippen LogP contribution in [-0.2, 0) is 4.74 Å². The van der Waals surface area contributed by atoms with Gasteiger partial charge in [0.1, 0.15) is 11.6 Å². The molecule has 1 rings (SSSR count). The fraction of sp³-hybridized carbons (Fsp3) is 0.200. The molecule has 0 aliphatic rings. The third kappa shape index (κ3) is 1.98. The van der Waals surface area contributed by atoms with Gasteiger partial charge in [-0.1, -0.05) is 0 Å². The molecular formula is C10H8N2O4. The number of carbonyl (C=O) groups excluding carboxylic acids is 1. The summed E-state index contributed by atoms with van der Waals surface area (Å²) in [6, 6.07) is 4.16. The number of nitriles is 1. The van der Waals surface area contributed by atoms with E-state index in [2.05, 4.69) is 4.74 Å². The van der Waals surface area contributed by atoms with Crippen molar-refractivity contribution >= 4 is 11.7 Å². The van der Waals surface area contributed by atoms with Crippen molar-refractivity contribution in [1.82, 2.24) is 0 Å². The lowest BCUT2D eigenvalue weighted by Crippen LogP contribution is -2.04. The van der Waals surface area contributed by atoms with Crippen LogP contribution in [0.5, 0.6) is 0 Å². The Morgan fingerprint density at radius 1 is 1.56 bits per heavy atom. The van der Waals surface area contributed by atoms with Crippen molar-refractivity contribution in [3.8, 4) is 6.07 Å². The summed E-state index contributed by atoms with van der Waals surface area (Å²) in [7, 11) is 1.18. The van der Waals surface area contributed by atoms with Gasteiger partial charge in [0.15, 0.2) is 0 Å². The number of carbonyl (C=O) groups is 1. The number of hydrogen-bond donors (Lipinski definition) is 0. The lowest BCUT2D eigenvalue weighted by Gasteiger charge is -2.03. The van der Waals surface area contributed by atoms with Gasteiger partial charge in [-0.05, 0) is 18.6 Å². The highest BCUT2D eigenvalue weighted by atomic mass is 16.6. The minimum atomic E-state index is -0.696. The molecule has 1 aromatic carbocycles. The molecule has 0 fully saturated rings. The SMILES string of the molecule is COC(=O)c1cc(C)c(C#N)c([N+](=O)[O-])c1. The molecule has 0 aliphatic carbocycles. The quantitative estimate of drug-likeness (QED) is 0.428. The lowest BCUT2D eigenvalue weighted by molar-refractivity contribution is -0.385. The second kappa shape index (κ2) is 4.40. The van der Waals surface area contributed by atoms with Gasteiger partial charge in [0.2, 0.25) is 0 Å². The Labute approximate surface area is 91.2 Å². The van der Waals surface area contributed by atoms with E-state index in [1.54, 1.807) is 6.07 Å². The predicted octanol–water partition coefficient (Wildman–Crippen LogP) is 1.56. The molecule has 0 amide bonds. The number of nitro groups is 1. The molecule has 6 heteroatoms. The summed E-state index contributed by atoms with van der Waals surface area (Å²) in [4.78, 5) is 21.2. The molecule has 0 saturated heterocycles. The first-order chi connectivity index (χ1) is 7.51. The summed E-state index contributed by atoms with van der Waals surface area (Å²) in [5, 5.41) is 19.5. The number of aryl methyl sites for hydroxylation is 1. The molecule has 0 unspecified atom stereocenters. The first kappa shape index (κ1) is 11.7. The highest BCUT2D eigenvalue weighted by Crippen LogP contribution is 2.23. The van der Waals surface area contributed by atoms with E-state index in [0.29, 0.717) is 5.56 Å². The van der Waals surface area contributed by atoms with Gasteiger partial charge in [-0.3, -0.25) is 10.1 Å². The smallest absolute Gasteiger partial charge is 0.338 e. The normalized spacial score (nSPS) is 9.31. The summed E-state index contributed by atoms with van der Waals surface area (Å²) in [6.45, 7) is 1.53. The van der Waals surface area contributed by atoms with Crippen LogP contribution in [0.2, 0.25) is 0 Å². The molecule has 0 aliphatic heterocycles. The molecule has 0 heterocycles. The van der Waals surface area contributed by atoms with E-state index in [-0.39, 0.29) is 16.8 Å². The van der Waals surface area contributed by atoms with Crippen LogP contribution < -0.4 is 0 Å².